The number of anilines is 3. The molecule has 6 rings (SSSR count). The van der Waals surface area contributed by atoms with Gasteiger partial charge in [-0.1, -0.05) is 24.3 Å². The summed E-state index contributed by atoms with van der Waals surface area (Å²) >= 11 is 9.52. The minimum Gasteiger partial charge on any atom is -0.369 e. The van der Waals surface area contributed by atoms with Crippen LogP contribution in [0.1, 0.15) is 53.2 Å². The lowest BCUT2D eigenvalue weighted by atomic mass is 9.88. The van der Waals surface area contributed by atoms with Crippen molar-refractivity contribution in [1.82, 2.24) is 15.0 Å². The Morgan fingerprint density at radius 1 is 0.465 bits per heavy atom. The van der Waals surface area contributed by atoms with Crippen molar-refractivity contribution >= 4 is 82.6 Å². The van der Waals surface area contributed by atoms with E-state index in [0.717, 1.165) is 45.0 Å². The van der Waals surface area contributed by atoms with Gasteiger partial charge in [-0.2, -0.15) is 79.0 Å². The number of aryl methyl sites for hydroxylation is 1. The van der Waals surface area contributed by atoms with Crippen molar-refractivity contribution in [3.63, 3.8) is 0 Å². The van der Waals surface area contributed by atoms with E-state index < -0.39 is 111 Å². The van der Waals surface area contributed by atoms with Crippen molar-refractivity contribution in [2.24, 2.45) is 0 Å². The largest absolute Gasteiger partial charge is 0.430 e. The summed E-state index contributed by atoms with van der Waals surface area (Å²) in [6, 6.07) is 16.0. The molecule has 86 heavy (non-hydrogen) atoms. The first-order valence-corrected chi connectivity index (χ1v) is 25.9. The van der Waals surface area contributed by atoms with Crippen LogP contribution in [0.15, 0.2) is 129 Å². The number of carbonyl (C=O) groups excluding carboxylic acids is 3. The van der Waals surface area contributed by atoms with Gasteiger partial charge < -0.3 is 30.9 Å². The first-order valence-electron chi connectivity index (χ1n) is 23.5. The van der Waals surface area contributed by atoms with Gasteiger partial charge in [-0.3, -0.25) is 29.3 Å². The van der Waals surface area contributed by atoms with Crippen molar-refractivity contribution in [2.75, 3.05) is 16.0 Å². The quantitative estimate of drug-likeness (QED) is 0.0665. The van der Waals surface area contributed by atoms with E-state index in [1.54, 1.807) is 30.3 Å². The van der Waals surface area contributed by atoms with Gasteiger partial charge in [0.25, 0.3) is 16.8 Å². The third-order valence-corrected chi connectivity index (χ3v) is 12.8. The lowest BCUT2D eigenvalue weighted by Crippen LogP contribution is -2.57. The van der Waals surface area contributed by atoms with Crippen LogP contribution in [0.3, 0.4) is 0 Å². The average Bonchev–Trinajstić information content (AvgIpc) is 0.773. The molecule has 5 N–H and O–H groups in total. The zero-order chi connectivity index (χ0) is 65.4. The molecule has 0 saturated carbocycles. The summed E-state index contributed by atoms with van der Waals surface area (Å²) < 4.78 is 257. The Labute approximate surface area is 498 Å². The molecule has 0 fully saturated rings. The van der Waals surface area contributed by atoms with E-state index in [0.29, 0.717) is 54.8 Å². The van der Waals surface area contributed by atoms with Crippen molar-refractivity contribution in [2.45, 2.75) is 100.0 Å². The van der Waals surface area contributed by atoms with E-state index in [9.17, 15) is 108 Å². The molecule has 468 valence electrons. The summed E-state index contributed by atoms with van der Waals surface area (Å²) in [6.45, 7) is 3.14. The van der Waals surface area contributed by atoms with Crippen LogP contribution in [0.5, 0.6) is 0 Å². The van der Waals surface area contributed by atoms with Crippen LogP contribution in [0.4, 0.5) is 100 Å². The second kappa shape index (κ2) is 27.7. The molecular formula is C52H40Br3F19N6O6. The van der Waals surface area contributed by atoms with Gasteiger partial charge in [-0.25, -0.2) is 4.39 Å². The van der Waals surface area contributed by atoms with Crippen molar-refractivity contribution in [3.8, 4) is 0 Å². The molecule has 0 saturated heterocycles. The Morgan fingerprint density at radius 3 is 1.07 bits per heavy atom. The van der Waals surface area contributed by atoms with Crippen molar-refractivity contribution < 1.29 is 113 Å². The smallest absolute Gasteiger partial charge is 0.369 e. The van der Waals surface area contributed by atoms with Gasteiger partial charge in [0.1, 0.15) is 5.82 Å². The van der Waals surface area contributed by atoms with Crippen LogP contribution in [0, 0.1) is 12.7 Å². The number of nitrogens with one attached hydrogen (secondary N) is 3. The molecule has 12 nitrogen and oxygen atoms in total. The molecule has 0 unspecified atom stereocenters. The molecule has 3 amide bonds. The van der Waals surface area contributed by atoms with E-state index in [-0.39, 0.29) is 42.8 Å². The fourth-order valence-electron chi connectivity index (χ4n) is 7.44. The van der Waals surface area contributed by atoms with Crippen LogP contribution < -0.4 is 16.0 Å². The van der Waals surface area contributed by atoms with Gasteiger partial charge in [0.15, 0.2) is 0 Å². The molecule has 34 heteroatoms. The number of hydrogen-bond donors (Lipinski definition) is 5. The number of nitrogens with zero attached hydrogens (tertiary/aromatic N) is 3. The Balaban J connectivity index is 0.000000277. The molecule has 6 aromatic rings. The number of aliphatic hydroxyl groups is 2. The molecule has 0 aliphatic carbocycles. The Bertz CT molecular complexity index is 3100. The molecule has 3 aromatic heterocycles. The van der Waals surface area contributed by atoms with Gasteiger partial charge >= 0.3 is 37.1 Å². The summed E-state index contributed by atoms with van der Waals surface area (Å²) in [5.41, 5.74) is -19.1. The number of alkyl halides is 18. The van der Waals surface area contributed by atoms with Crippen LogP contribution in [0.2, 0.25) is 0 Å². The zero-order valence-electron chi connectivity index (χ0n) is 43.4. The lowest BCUT2D eigenvalue weighted by Gasteiger charge is -2.38. The van der Waals surface area contributed by atoms with Gasteiger partial charge in [0.2, 0.25) is 17.7 Å². The fraction of sp³-hybridized carbons (Fsp3) is 0.308. The molecule has 0 aliphatic heterocycles. The third kappa shape index (κ3) is 17.6. The molecule has 0 radical (unpaired) electrons. The van der Waals surface area contributed by atoms with Crippen molar-refractivity contribution in [1.29, 1.82) is 0 Å². The number of halogens is 22. The molecule has 0 atom stereocenters. The van der Waals surface area contributed by atoms with Crippen molar-refractivity contribution in [3.05, 3.63) is 174 Å². The van der Waals surface area contributed by atoms with Gasteiger partial charge in [-0.15, -0.1) is 0 Å². The highest BCUT2D eigenvalue weighted by Gasteiger charge is 2.75. The van der Waals surface area contributed by atoms with E-state index in [4.69, 9.17) is 0 Å². The number of pyridine rings is 3. The second-order valence-electron chi connectivity index (χ2n) is 18.1. The first-order chi connectivity index (χ1) is 39.3. The van der Waals surface area contributed by atoms with Crippen LogP contribution in [-0.2, 0) is 55.2 Å². The summed E-state index contributed by atoms with van der Waals surface area (Å²) in [4.78, 5) is 47.9. The summed E-state index contributed by atoms with van der Waals surface area (Å²) in [5.74, 6) is -3.82. The number of rotatable bonds is 14. The normalized spacial score (nSPS) is 12.8. The first kappa shape index (κ1) is 72.0. The lowest BCUT2D eigenvalue weighted by molar-refractivity contribution is -0.396. The number of ether oxygens (including phenoxy) is 1. The number of hydrogen-bond acceptors (Lipinski definition) is 9. The van der Waals surface area contributed by atoms with Gasteiger partial charge in [0.05, 0.1) is 25.4 Å². The average molecular weight is 1450 g/mol. The van der Waals surface area contributed by atoms with E-state index in [2.05, 4.69) is 83.4 Å². The van der Waals surface area contributed by atoms with E-state index >= 15 is 0 Å². The fourth-order valence-corrected chi connectivity index (χ4v) is 8.14. The topological polar surface area (TPSA) is 176 Å². The minimum atomic E-state index is -6.22. The monoisotopic (exact) mass is 1440 g/mol. The minimum absolute atomic E-state index is 0.0185. The van der Waals surface area contributed by atoms with E-state index in [1.807, 2.05) is 0 Å². The molecule has 0 aliphatic rings. The maximum atomic E-state index is 14.0. The van der Waals surface area contributed by atoms with Crippen LogP contribution in [-0.4, -0.2) is 86.0 Å². The number of carbonyl (C=O) groups is 3. The molecule has 3 aromatic carbocycles. The van der Waals surface area contributed by atoms with Crippen LogP contribution in [0.25, 0.3) is 0 Å². The third-order valence-electron chi connectivity index (χ3n) is 11.4. The Hall–Kier alpha value is -6.49. The Kier molecular flexibility index (Phi) is 23.2. The van der Waals surface area contributed by atoms with E-state index in [1.165, 1.54) is 24.7 Å². The summed E-state index contributed by atoms with van der Waals surface area (Å²) in [5, 5.41) is 25.6. The highest BCUT2D eigenvalue weighted by Crippen LogP contribution is 2.55. The number of aromatic nitrogens is 3. The summed E-state index contributed by atoms with van der Waals surface area (Å²) in [7, 11) is 0. The van der Waals surface area contributed by atoms with Gasteiger partial charge in [0, 0.05) is 82.8 Å². The SMILES string of the molecule is CC(C)OC(c1ccc(NC(=O)Cc2ccc(Br)cn2)cc1)(C(F)(F)F)C(F)(F)F.Cc1cc(NC(=O)Cc2ccc(Br)cn2)ccc1C(O)(C(F)(F)F)C(F)(F)F.O=C(Cc1ccc(Br)cn1)Nc1ccc(C(O)(C(F)(F)F)C(F)(F)F)c(F)c1. The second-order valence-corrected chi connectivity index (χ2v) is 20.9. The summed E-state index contributed by atoms with van der Waals surface area (Å²) in [6.07, 6.45) is -33.4. The highest BCUT2D eigenvalue weighted by atomic mass is 79.9. The maximum Gasteiger partial charge on any atom is 0.430 e. The predicted molar refractivity (Wildman–Crippen MR) is 279 cm³/mol. The molecule has 3 heterocycles. The van der Waals surface area contributed by atoms with Crippen LogP contribution >= 0.6 is 47.8 Å². The Morgan fingerprint density at radius 2 is 0.779 bits per heavy atom. The standard InChI is InChI=1S/C19H17BrF6N2O2.C17H13BrF6N2O2.C16H10BrF7N2O2/c1-11(2)30-17(18(21,22)23,19(24,25)26)12-3-6-14(7-4-12)28-16(29)9-15-8-5-13(20)10-27-15;1-9-6-12(26-14(27)7-11-3-2-10(18)8-25-11)4-5-13(9)15(28,16(19,20)21)17(22,23)24;17-8-1-2-9(25-7-8)6-13(27)26-10-3-4-11(12(18)5-10)14(28,15(19,20)21)16(22,23)24/h3-8,10-11H,9H2,1-2H3,(H,28,29);2-6,8,28H,7H2,1H3,(H,26,27);1-5,7,28H,6H2,(H,26,27). The zero-order valence-corrected chi connectivity index (χ0v) is 48.1. The molecular weight excluding hydrogens is 1410 g/mol. The maximum absolute atomic E-state index is 14.0. The predicted octanol–water partition coefficient (Wildman–Crippen LogP) is 14.9. The number of amides is 3. The molecule has 0 spiro atoms. The highest BCUT2D eigenvalue weighted by molar-refractivity contribution is 9.11. The van der Waals surface area contributed by atoms with Gasteiger partial charge in [-0.05, 0) is 147 Å². The number of benzene rings is 3. The molecule has 0 bridgehead atoms.